The minimum absolute atomic E-state index is 0.143. The Hall–Kier alpha value is -0.460. The SMILES string of the molecule is CCCCCCC/C=C/CCCO[C@H]1[C@@H]([C@H](O)CO)OC[C@@H]1O. The molecule has 0 aliphatic carbocycles. The summed E-state index contributed by atoms with van der Waals surface area (Å²) in [7, 11) is 0. The number of unbranched alkanes of at least 4 members (excludes halogenated alkanes) is 6. The molecule has 0 radical (unpaired) electrons. The van der Waals surface area contributed by atoms with Gasteiger partial charge in [0, 0.05) is 6.61 Å². The van der Waals surface area contributed by atoms with E-state index in [4.69, 9.17) is 14.6 Å². The molecule has 136 valence electrons. The predicted octanol–water partition coefficient (Wildman–Crippen LogP) is 2.18. The highest BCUT2D eigenvalue weighted by atomic mass is 16.6. The summed E-state index contributed by atoms with van der Waals surface area (Å²) in [6, 6.07) is 0. The number of aliphatic hydroxyl groups is 3. The second-order valence-electron chi connectivity index (χ2n) is 6.27. The van der Waals surface area contributed by atoms with Crippen LogP contribution in [0.1, 0.15) is 58.3 Å². The van der Waals surface area contributed by atoms with Gasteiger partial charge >= 0.3 is 0 Å². The highest BCUT2D eigenvalue weighted by Gasteiger charge is 2.40. The first-order valence-corrected chi connectivity index (χ1v) is 9.05. The van der Waals surface area contributed by atoms with Crippen LogP contribution in [0.25, 0.3) is 0 Å². The maximum Gasteiger partial charge on any atom is 0.114 e. The second-order valence-corrected chi connectivity index (χ2v) is 6.27. The zero-order valence-electron chi connectivity index (χ0n) is 14.4. The van der Waals surface area contributed by atoms with Crippen LogP contribution in [0.15, 0.2) is 12.2 Å². The van der Waals surface area contributed by atoms with E-state index >= 15 is 0 Å². The highest BCUT2D eigenvalue weighted by molar-refractivity contribution is 4.89. The fourth-order valence-corrected chi connectivity index (χ4v) is 2.78. The highest BCUT2D eigenvalue weighted by Crippen LogP contribution is 2.21. The van der Waals surface area contributed by atoms with Gasteiger partial charge in [0.05, 0.1) is 13.2 Å². The average Bonchev–Trinajstić information content (AvgIpc) is 2.93. The Balaban J connectivity index is 2.05. The van der Waals surface area contributed by atoms with Gasteiger partial charge in [-0.1, -0.05) is 44.8 Å². The molecule has 0 aromatic heterocycles. The lowest BCUT2D eigenvalue weighted by atomic mass is 10.1. The van der Waals surface area contributed by atoms with Gasteiger partial charge in [-0.15, -0.1) is 0 Å². The molecule has 0 saturated carbocycles. The van der Waals surface area contributed by atoms with Crippen LogP contribution in [0.3, 0.4) is 0 Å². The molecule has 1 saturated heterocycles. The summed E-state index contributed by atoms with van der Waals surface area (Å²) in [5.41, 5.74) is 0. The first kappa shape index (κ1) is 20.6. The van der Waals surface area contributed by atoms with E-state index in [0.717, 1.165) is 19.3 Å². The molecule has 0 bridgehead atoms. The average molecular weight is 330 g/mol. The van der Waals surface area contributed by atoms with E-state index in [2.05, 4.69) is 19.1 Å². The van der Waals surface area contributed by atoms with E-state index < -0.39 is 31.0 Å². The molecule has 1 aliphatic rings. The van der Waals surface area contributed by atoms with Crippen LogP contribution in [-0.4, -0.2) is 59.6 Å². The van der Waals surface area contributed by atoms with E-state index in [-0.39, 0.29) is 6.61 Å². The Morgan fingerprint density at radius 3 is 2.52 bits per heavy atom. The lowest BCUT2D eigenvalue weighted by Crippen LogP contribution is -2.42. The number of aliphatic hydroxyl groups excluding tert-OH is 3. The minimum Gasteiger partial charge on any atom is -0.394 e. The molecule has 1 rings (SSSR count). The monoisotopic (exact) mass is 330 g/mol. The molecule has 1 heterocycles. The van der Waals surface area contributed by atoms with Crippen molar-refractivity contribution < 1.29 is 24.8 Å². The normalized spacial score (nSPS) is 26.2. The predicted molar refractivity (Wildman–Crippen MR) is 90.3 cm³/mol. The summed E-state index contributed by atoms with van der Waals surface area (Å²) >= 11 is 0. The van der Waals surface area contributed by atoms with Crippen molar-refractivity contribution in [3.63, 3.8) is 0 Å². The Morgan fingerprint density at radius 1 is 1.13 bits per heavy atom. The van der Waals surface area contributed by atoms with Gasteiger partial charge in [-0.05, 0) is 25.7 Å². The van der Waals surface area contributed by atoms with Crippen molar-refractivity contribution in [1.29, 1.82) is 0 Å². The van der Waals surface area contributed by atoms with Crippen LogP contribution < -0.4 is 0 Å². The fourth-order valence-electron chi connectivity index (χ4n) is 2.78. The first-order chi connectivity index (χ1) is 11.2. The summed E-state index contributed by atoms with van der Waals surface area (Å²) in [6.07, 6.45) is 11.0. The third kappa shape index (κ3) is 8.27. The molecule has 5 nitrogen and oxygen atoms in total. The van der Waals surface area contributed by atoms with E-state index in [1.165, 1.54) is 32.1 Å². The summed E-state index contributed by atoms with van der Waals surface area (Å²) in [5, 5.41) is 28.4. The van der Waals surface area contributed by atoms with E-state index in [0.29, 0.717) is 6.61 Å². The van der Waals surface area contributed by atoms with Crippen molar-refractivity contribution in [3.8, 4) is 0 Å². The van der Waals surface area contributed by atoms with Crippen molar-refractivity contribution in [3.05, 3.63) is 12.2 Å². The van der Waals surface area contributed by atoms with Gasteiger partial charge in [0.25, 0.3) is 0 Å². The third-order valence-corrected chi connectivity index (χ3v) is 4.20. The lowest BCUT2D eigenvalue weighted by molar-refractivity contribution is -0.0935. The molecular formula is C18H34O5. The van der Waals surface area contributed by atoms with Crippen molar-refractivity contribution in [2.75, 3.05) is 19.8 Å². The standard InChI is InChI=1S/C18H34O5/c1-2-3-4-5-6-7-8-9-10-11-12-22-18-16(21)14-23-17(18)15(20)13-19/h8-9,15-21H,2-7,10-14H2,1H3/b9-8+/t15-,16+,17-,18-/m1/s1. The summed E-state index contributed by atoms with van der Waals surface area (Å²) in [5.74, 6) is 0. The molecule has 4 atom stereocenters. The topological polar surface area (TPSA) is 79.2 Å². The van der Waals surface area contributed by atoms with Gasteiger partial charge in [0.15, 0.2) is 0 Å². The van der Waals surface area contributed by atoms with Crippen molar-refractivity contribution in [2.45, 2.75) is 82.7 Å². The molecule has 0 aromatic rings. The lowest BCUT2D eigenvalue weighted by Gasteiger charge is -2.23. The summed E-state index contributed by atoms with van der Waals surface area (Å²) < 4.78 is 10.9. The zero-order valence-corrected chi connectivity index (χ0v) is 14.4. The molecule has 0 spiro atoms. The quantitative estimate of drug-likeness (QED) is 0.356. The van der Waals surface area contributed by atoms with Crippen molar-refractivity contribution in [2.24, 2.45) is 0 Å². The minimum atomic E-state index is -1.01. The molecular weight excluding hydrogens is 296 g/mol. The maximum atomic E-state index is 9.81. The van der Waals surface area contributed by atoms with Gasteiger partial charge in [-0.3, -0.25) is 0 Å². The fraction of sp³-hybridized carbons (Fsp3) is 0.889. The Labute approximate surface area is 140 Å². The van der Waals surface area contributed by atoms with Crippen molar-refractivity contribution in [1.82, 2.24) is 0 Å². The number of hydrogen-bond acceptors (Lipinski definition) is 5. The Morgan fingerprint density at radius 2 is 1.83 bits per heavy atom. The second kappa shape index (κ2) is 12.9. The van der Waals surface area contributed by atoms with Crippen LogP contribution >= 0.6 is 0 Å². The molecule has 3 N–H and O–H groups in total. The first-order valence-electron chi connectivity index (χ1n) is 9.05. The van der Waals surface area contributed by atoms with E-state index in [9.17, 15) is 10.2 Å². The van der Waals surface area contributed by atoms with E-state index in [1.54, 1.807) is 0 Å². The zero-order chi connectivity index (χ0) is 16.9. The summed E-state index contributed by atoms with van der Waals surface area (Å²) in [4.78, 5) is 0. The smallest absolute Gasteiger partial charge is 0.114 e. The number of ether oxygens (including phenoxy) is 2. The number of allylic oxidation sites excluding steroid dienone is 2. The van der Waals surface area contributed by atoms with Crippen LogP contribution in [-0.2, 0) is 9.47 Å². The van der Waals surface area contributed by atoms with Gasteiger partial charge in [0.2, 0.25) is 0 Å². The van der Waals surface area contributed by atoms with Gasteiger partial charge in [0.1, 0.15) is 24.4 Å². The third-order valence-electron chi connectivity index (χ3n) is 4.20. The summed E-state index contributed by atoms with van der Waals surface area (Å²) in [6.45, 7) is 2.49. The molecule has 23 heavy (non-hydrogen) atoms. The largest absolute Gasteiger partial charge is 0.394 e. The number of hydrogen-bond donors (Lipinski definition) is 3. The van der Waals surface area contributed by atoms with Gasteiger partial charge in [-0.25, -0.2) is 0 Å². The Bertz CT molecular complexity index is 308. The molecule has 1 fully saturated rings. The van der Waals surface area contributed by atoms with Gasteiger partial charge < -0.3 is 24.8 Å². The molecule has 0 aromatic carbocycles. The van der Waals surface area contributed by atoms with Crippen molar-refractivity contribution >= 4 is 0 Å². The van der Waals surface area contributed by atoms with Crippen LogP contribution in [0.5, 0.6) is 0 Å². The molecule has 0 amide bonds. The molecule has 1 aliphatic heterocycles. The maximum absolute atomic E-state index is 9.81. The molecule has 5 heteroatoms. The number of rotatable bonds is 13. The van der Waals surface area contributed by atoms with Crippen LogP contribution in [0.4, 0.5) is 0 Å². The Kier molecular flexibility index (Phi) is 11.5. The molecule has 0 unspecified atom stereocenters. The van der Waals surface area contributed by atoms with Crippen LogP contribution in [0.2, 0.25) is 0 Å². The van der Waals surface area contributed by atoms with Gasteiger partial charge in [-0.2, -0.15) is 0 Å². The van der Waals surface area contributed by atoms with E-state index in [1.807, 2.05) is 0 Å². The van der Waals surface area contributed by atoms with Crippen LogP contribution in [0, 0.1) is 0 Å².